The van der Waals surface area contributed by atoms with Gasteiger partial charge in [0.2, 0.25) is 0 Å². The summed E-state index contributed by atoms with van der Waals surface area (Å²) < 4.78 is 0. The van der Waals surface area contributed by atoms with E-state index in [4.69, 9.17) is 0 Å². The van der Waals surface area contributed by atoms with Crippen molar-refractivity contribution in [1.29, 1.82) is 0 Å². The molecule has 0 bridgehead atoms. The standard InChI is InChI=1S/C13H16OS2/c1-9-3-4-10(2)11(7-9)13(14)12-8-15-5-6-16-12/h3-4,7,12H,5-6,8H2,1-2H3. The monoisotopic (exact) mass is 252 g/mol. The zero-order valence-electron chi connectivity index (χ0n) is 9.66. The molecule has 0 spiro atoms. The first kappa shape index (κ1) is 12.1. The van der Waals surface area contributed by atoms with Crippen molar-refractivity contribution in [3.05, 3.63) is 34.9 Å². The highest BCUT2D eigenvalue weighted by molar-refractivity contribution is 8.07. The topological polar surface area (TPSA) is 17.1 Å². The maximum absolute atomic E-state index is 12.3. The molecule has 16 heavy (non-hydrogen) atoms. The molecule has 0 aromatic heterocycles. The van der Waals surface area contributed by atoms with Crippen molar-refractivity contribution in [3.8, 4) is 0 Å². The zero-order valence-corrected chi connectivity index (χ0v) is 11.3. The molecule has 1 aromatic rings. The first-order valence-electron chi connectivity index (χ1n) is 5.49. The Bertz CT molecular complexity index is 395. The molecule has 0 aliphatic carbocycles. The first-order valence-corrected chi connectivity index (χ1v) is 7.69. The van der Waals surface area contributed by atoms with E-state index in [1.165, 1.54) is 11.3 Å². The number of carbonyl (C=O) groups is 1. The van der Waals surface area contributed by atoms with Gasteiger partial charge in [-0.1, -0.05) is 17.7 Å². The molecule has 0 radical (unpaired) electrons. The molecule has 1 atom stereocenters. The van der Waals surface area contributed by atoms with Crippen LogP contribution in [0.1, 0.15) is 21.5 Å². The van der Waals surface area contributed by atoms with Crippen LogP contribution in [0, 0.1) is 13.8 Å². The van der Waals surface area contributed by atoms with Crippen molar-refractivity contribution < 1.29 is 4.79 Å². The Kier molecular flexibility index (Phi) is 3.98. The van der Waals surface area contributed by atoms with Crippen LogP contribution in [0.3, 0.4) is 0 Å². The second-order valence-corrected chi connectivity index (χ2v) is 6.58. The summed E-state index contributed by atoms with van der Waals surface area (Å²) in [5.41, 5.74) is 3.19. The summed E-state index contributed by atoms with van der Waals surface area (Å²) in [6, 6.07) is 6.13. The summed E-state index contributed by atoms with van der Waals surface area (Å²) in [4.78, 5) is 12.3. The van der Waals surface area contributed by atoms with E-state index in [0.717, 1.165) is 22.6 Å². The van der Waals surface area contributed by atoms with Crippen molar-refractivity contribution in [2.24, 2.45) is 0 Å². The lowest BCUT2D eigenvalue weighted by atomic mass is 10.0. The Morgan fingerprint density at radius 3 is 2.81 bits per heavy atom. The molecule has 1 fully saturated rings. The summed E-state index contributed by atoms with van der Waals surface area (Å²) >= 11 is 3.70. The quantitative estimate of drug-likeness (QED) is 0.752. The number of Topliss-reactive ketones (excluding diaryl/α,β-unsaturated/α-hetero) is 1. The molecule has 3 heteroatoms. The number of benzene rings is 1. The Morgan fingerprint density at radius 1 is 1.31 bits per heavy atom. The predicted octanol–water partition coefficient (Wildman–Crippen LogP) is 3.33. The fourth-order valence-corrected chi connectivity index (χ4v) is 4.44. The molecule has 2 rings (SSSR count). The van der Waals surface area contributed by atoms with Crippen LogP contribution in [0.2, 0.25) is 0 Å². The normalized spacial score (nSPS) is 20.8. The van der Waals surface area contributed by atoms with E-state index < -0.39 is 0 Å². The van der Waals surface area contributed by atoms with Crippen molar-refractivity contribution in [1.82, 2.24) is 0 Å². The van der Waals surface area contributed by atoms with E-state index in [9.17, 15) is 4.79 Å². The van der Waals surface area contributed by atoms with Gasteiger partial charge in [-0.05, 0) is 25.5 Å². The summed E-state index contributed by atoms with van der Waals surface area (Å²) in [5, 5.41) is 0.166. The maximum atomic E-state index is 12.3. The number of aryl methyl sites for hydroxylation is 2. The maximum Gasteiger partial charge on any atom is 0.176 e. The Morgan fingerprint density at radius 2 is 2.12 bits per heavy atom. The van der Waals surface area contributed by atoms with Crippen LogP contribution >= 0.6 is 23.5 Å². The Labute approximate surface area is 105 Å². The Hall–Kier alpha value is -0.410. The molecule has 0 saturated carbocycles. The lowest BCUT2D eigenvalue weighted by Crippen LogP contribution is -2.25. The molecule has 1 nitrogen and oxygen atoms in total. The summed E-state index contributed by atoms with van der Waals surface area (Å²) in [5.74, 6) is 3.57. The van der Waals surface area contributed by atoms with Crippen molar-refractivity contribution in [3.63, 3.8) is 0 Å². The van der Waals surface area contributed by atoms with Crippen LogP contribution in [0.5, 0.6) is 0 Å². The van der Waals surface area contributed by atoms with E-state index in [2.05, 4.69) is 6.07 Å². The average Bonchev–Trinajstić information content (AvgIpc) is 2.32. The highest BCUT2D eigenvalue weighted by Gasteiger charge is 2.24. The molecular formula is C13H16OS2. The van der Waals surface area contributed by atoms with Crippen molar-refractivity contribution in [2.75, 3.05) is 17.3 Å². The van der Waals surface area contributed by atoms with Crippen LogP contribution in [-0.4, -0.2) is 28.3 Å². The van der Waals surface area contributed by atoms with Crippen LogP contribution in [-0.2, 0) is 0 Å². The number of carbonyl (C=O) groups excluding carboxylic acids is 1. The second kappa shape index (κ2) is 5.28. The fourth-order valence-electron chi connectivity index (χ4n) is 1.81. The van der Waals surface area contributed by atoms with Crippen LogP contribution in [0.4, 0.5) is 0 Å². The Balaban J connectivity index is 2.22. The summed E-state index contributed by atoms with van der Waals surface area (Å²) in [6.45, 7) is 4.06. The van der Waals surface area contributed by atoms with Gasteiger partial charge in [0, 0.05) is 22.8 Å². The van der Waals surface area contributed by atoms with Gasteiger partial charge in [-0.15, -0.1) is 11.8 Å². The molecule has 1 aromatic carbocycles. The highest BCUT2D eigenvalue weighted by Crippen LogP contribution is 2.27. The van der Waals surface area contributed by atoms with Crippen LogP contribution < -0.4 is 0 Å². The molecule has 1 aliphatic heterocycles. The predicted molar refractivity (Wildman–Crippen MR) is 73.8 cm³/mol. The SMILES string of the molecule is Cc1ccc(C)c(C(=O)C2CSCCS2)c1. The zero-order chi connectivity index (χ0) is 11.5. The molecular weight excluding hydrogens is 236 g/mol. The van der Waals surface area contributed by atoms with Gasteiger partial charge in [0.05, 0.1) is 5.25 Å². The van der Waals surface area contributed by atoms with Gasteiger partial charge >= 0.3 is 0 Å². The minimum atomic E-state index is 0.166. The van der Waals surface area contributed by atoms with E-state index in [1.54, 1.807) is 0 Å². The van der Waals surface area contributed by atoms with Gasteiger partial charge < -0.3 is 0 Å². The lowest BCUT2D eigenvalue weighted by Gasteiger charge is -2.20. The van der Waals surface area contributed by atoms with Gasteiger partial charge in [-0.3, -0.25) is 4.79 Å². The molecule has 86 valence electrons. The smallest absolute Gasteiger partial charge is 0.176 e. The van der Waals surface area contributed by atoms with Gasteiger partial charge in [0.15, 0.2) is 5.78 Å². The highest BCUT2D eigenvalue weighted by atomic mass is 32.2. The third-order valence-electron chi connectivity index (χ3n) is 2.77. The lowest BCUT2D eigenvalue weighted by molar-refractivity contribution is 0.0994. The number of ketones is 1. The summed E-state index contributed by atoms with van der Waals surface area (Å²) in [6.07, 6.45) is 0. The van der Waals surface area contributed by atoms with E-state index in [1.807, 2.05) is 49.5 Å². The number of hydrogen-bond acceptors (Lipinski definition) is 3. The molecule has 0 amide bonds. The van der Waals surface area contributed by atoms with Crippen molar-refractivity contribution >= 4 is 29.3 Å². The minimum Gasteiger partial charge on any atom is -0.293 e. The third kappa shape index (κ3) is 2.64. The van der Waals surface area contributed by atoms with E-state index in [-0.39, 0.29) is 5.25 Å². The van der Waals surface area contributed by atoms with Gasteiger partial charge in [-0.2, -0.15) is 11.8 Å². The largest absolute Gasteiger partial charge is 0.293 e. The van der Waals surface area contributed by atoms with Crippen molar-refractivity contribution in [2.45, 2.75) is 19.1 Å². The summed E-state index contributed by atoms with van der Waals surface area (Å²) in [7, 11) is 0. The molecule has 1 unspecified atom stereocenters. The molecule has 0 N–H and O–H groups in total. The molecule has 1 heterocycles. The number of hydrogen-bond donors (Lipinski definition) is 0. The second-order valence-electron chi connectivity index (χ2n) is 4.12. The average molecular weight is 252 g/mol. The third-order valence-corrected chi connectivity index (χ3v) is 5.52. The van der Waals surface area contributed by atoms with Gasteiger partial charge in [-0.25, -0.2) is 0 Å². The van der Waals surface area contributed by atoms with E-state index in [0.29, 0.717) is 5.78 Å². The number of thioether (sulfide) groups is 2. The van der Waals surface area contributed by atoms with Gasteiger partial charge in [0.1, 0.15) is 0 Å². The van der Waals surface area contributed by atoms with Gasteiger partial charge in [0.25, 0.3) is 0 Å². The van der Waals surface area contributed by atoms with E-state index >= 15 is 0 Å². The van der Waals surface area contributed by atoms with Crippen LogP contribution in [0.25, 0.3) is 0 Å². The minimum absolute atomic E-state index is 0.166. The molecule has 1 aliphatic rings. The fraction of sp³-hybridized carbons (Fsp3) is 0.462. The number of rotatable bonds is 2. The van der Waals surface area contributed by atoms with Crippen LogP contribution in [0.15, 0.2) is 18.2 Å². The first-order chi connectivity index (χ1) is 7.68. The molecule has 1 saturated heterocycles.